The Morgan fingerprint density at radius 3 is 2.81 bits per heavy atom. The maximum atomic E-state index is 12.7. The normalized spacial score (nSPS) is 22.6. The van der Waals surface area contributed by atoms with Crippen molar-refractivity contribution in [2.24, 2.45) is 5.41 Å². The first-order valence-corrected chi connectivity index (χ1v) is 9.48. The molecule has 0 aliphatic carbocycles. The molecule has 1 aromatic heterocycles. The number of hydrogen-bond acceptors (Lipinski definition) is 5. The highest BCUT2D eigenvalue weighted by Crippen LogP contribution is 2.40. The van der Waals surface area contributed by atoms with Crippen LogP contribution in [0.1, 0.15) is 24.0 Å². The van der Waals surface area contributed by atoms with E-state index in [4.69, 9.17) is 4.74 Å². The van der Waals surface area contributed by atoms with Gasteiger partial charge in [-0.05, 0) is 62.7 Å². The summed E-state index contributed by atoms with van der Waals surface area (Å²) in [5.74, 6) is 0.736. The summed E-state index contributed by atoms with van der Waals surface area (Å²) in [5, 5.41) is 2.99. The van der Waals surface area contributed by atoms with Crippen LogP contribution in [0.3, 0.4) is 0 Å². The number of carbonyl (C=O) groups excluding carboxylic acids is 2. The van der Waals surface area contributed by atoms with E-state index in [1.165, 1.54) is 0 Å². The van der Waals surface area contributed by atoms with Gasteiger partial charge in [0.15, 0.2) is 0 Å². The third kappa shape index (κ3) is 3.49. The molecular formula is C20H26N4O3. The van der Waals surface area contributed by atoms with Crippen molar-refractivity contribution >= 4 is 23.7 Å². The smallest absolute Gasteiger partial charge is 0.246 e. The lowest BCUT2D eigenvalue weighted by atomic mass is 9.71. The van der Waals surface area contributed by atoms with E-state index in [-0.39, 0.29) is 23.3 Å². The first kappa shape index (κ1) is 18.1. The van der Waals surface area contributed by atoms with Crippen molar-refractivity contribution in [1.29, 1.82) is 0 Å². The molecule has 2 saturated heterocycles. The topological polar surface area (TPSA) is 74.8 Å². The van der Waals surface area contributed by atoms with Gasteiger partial charge in [0.2, 0.25) is 11.8 Å². The van der Waals surface area contributed by atoms with E-state index < -0.39 is 0 Å². The van der Waals surface area contributed by atoms with E-state index in [1.807, 2.05) is 6.07 Å². The maximum absolute atomic E-state index is 12.7. The molecule has 1 N–H and O–H groups in total. The van der Waals surface area contributed by atoms with Gasteiger partial charge in [0, 0.05) is 32.5 Å². The molecule has 3 aliphatic rings. The van der Waals surface area contributed by atoms with Gasteiger partial charge in [-0.2, -0.15) is 0 Å². The number of anilines is 1. The molecule has 0 unspecified atom stereocenters. The molecule has 7 nitrogen and oxygen atoms in total. The number of fused-ring (bicyclic) bond motifs is 1. The Balaban J connectivity index is 1.46. The minimum Gasteiger partial charge on any atom is -0.378 e. The second-order valence-corrected chi connectivity index (χ2v) is 7.93. The standard InChI is InChI=1S/C20H26N4O3/c1-23-7-5-20(6-8-23)10-15-9-14(11-21-18(15)22-19(20)26)3-4-17(25)24-12-16(13-24)27-2/h3-4,9,11,16H,5-8,10,12-13H2,1-2H3,(H,21,22,26). The Morgan fingerprint density at radius 1 is 1.37 bits per heavy atom. The molecule has 0 saturated carbocycles. The summed E-state index contributed by atoms with van der Waals surface area (Å²) in [4.78, 5) is 33.3. The van der Waals surface area contributed by atoms with Gasteiger partial charge in [-0.3, -0.25) is 9.59 Å². The summed E-state index contributed by atoms with van der Waals surface area (Å²) >= 11 is 0. The lowest BCUT2D eigenvalue weighted by Crippen LogP contribution is -2.53. The number of amides is 2. The van der Waals surface area contributed by atoms with Crippen LogP contribution < -0.4 is 5.32 Å². The molecule has 1 aromatic rings. The molecule has 27 heavy (non-hydrogen) atoms. The number of carbonyl (C=O) groups is 2. The van der Waals surface area contributed by atoms with Crippen molar-refractivity contribution in [3.8, 4) is 0 Å². The maximum Gasteiger partial charge on any atom is 0.246 e. The van der Waals surface area contributed by atoms with Crippen molar-refractivity contribution in [1.82, 2.24) is 14.8 Å². The third-order valence-corrected chi connectivity index (χ3v) is 6.09. The average molecular weight is 370 g/mol. The van der Waals surface area contributed by atoms with Gasteiger partial charge in [-0.25, -0.2) is 4.98 Å². The molecule has 3 aliphatic heterocycles. The Bertz CT molecular complexity index is 777. The Hall–Kier alpha value is -2.25. The first-order chi connectivity index (χ1) is 13.0. The molecular weight excluding hydrogens is 344 g/mol. The molecule has 0 bridgehead atoms. The van der Waals surface area contributed by atoms with Crippen molar-refractivity contribution < 1.29 is 14.3 Å². The number of piperidine rings is 1. The molecule has 4 rings (SSSR count). The van der Waals surface area contributed by atoms with Gasteiger partial charge < -0.3 is 19.9 Å². The zero-order chi connectivity index (χ0) is 19.0. The van der Waals surface area contributed by atoms with Crippen molar-refractivity contribution in [3.05, 3.63) is 29.5 Å². The lowest BCUT2D eigenvalue weighted by molar-refractivity contribution is -0.137. The molecule has 0 aromatic carbocycles. The van der Waals surface area contributed by atoms with Crippen LogP contribution in [-0.4, -0.2) is 73.0 Å². The summed E-state index contributed by atoms with van der Waals surface area (Å²) in [6.45, 7) is 3.15. The molecule has 2 fully saturated rings. The number of rotatable bonds is 3. The molecule has 0 atom stereocenters. The van der Waals surface area contributed by atoms with Crippen molar-refractivity contribution in [2.75, 3.05) is 45.7 Å². The number of methoxy groups -OCH3 is 1. The summed E-state index contributed by atoms with van der Waals surface area (Å²) in [5.41, 5.74) is 1.61. The SMILES string of the molecule is COC1CN(C(=O)C=Cc2cnc3c(c2)CC2(CCN(C)CC2)C(=O)N3)C1. The van der Waals surface area contributed by atoms with Crippen LogP contribution in [0.25, 0.3) is 6.08 Å². The predicted molar refractivity (Wildman–Crippen MR) is 102 cm³/mol. The molecule has 4 heterocycles. The van der Waals surface area contributed by atoms with E-state index in [0.29, 0.717) is 25.3 Å². The fourth-order valence-electron chi connectivity index (χ4n) is 4.04. The second kappa shape index (κ2) is 7.05. The summed E-state index contributed by atoms with van der Waals surface area (Å²) in [6, 6.07) is 2.04. The number of likely N-dealkylation sites (tertiary alicyclic amines) is 2. The Morgan fingerprint density at radius 2 is 2.11 bits per heavy atom. The Labute approximate surface area is 159 Å². The summed E-state index contributed by atoms with van der Waals surface area (Å²) < 4.78 is 5.20. The van der Waals surface area contributed by atoms with E-state index in [9.17, 15) is 9.59 Å². The highest BCUT2D eigenvalue weighted by molar-refractivity contribution is 5.98. The van der Waals surface area contributed by atoms with Crippen LogP contribution in [0.5, 0.6) is 0 Å². The number of hydrogen-bond donors (Lipinski definition) is 1. The van der Waals surface area contributed by atoms with Gasteiger partial charge >= 0.3 is 0 Å². The number of nitrogens with zero attached hydrogens (tertiary/aromatic N) is 3. The monoisotopic (exact) mass is 370 g/mol. The van der Waals surface area contributed by atoms with Crippen LogP contribution in [0, 0.1) is 5.41 Å². The minimum absolute atomic E-state index is 0.0129. The Kier molecular flexibility index (Phi) is 4.74. The van der Waals surface area contributed by atoms with Crippen LogP contribution in [-0.2, 0) is 20.7 Å². The lowest BCUT2D eigenvalue weighted by Gasteiger charge is -2.42. The van der Waals surface area contributed by atoms with E-state index in [1.54, 1.807) is 30.4 Å². The highest BCUT2D eigenvalue weighted by Gasteiger charge is 2.44. The van der Waals surface area contributed by atoms with Gasteiger partial charge in [-0.15, -0.1) is 0 Å². The summed E-state index contributed by atoms with van der Waals surface area (Å²) in [6.07, 6.45) is 7.68. The number of nitrogens with one attached hydrogen (secondary N) is 1. The molecule has 0 radical (unpaired) electrons. The van der Waals surface area contributed by atoms with Crippen LogP contribution in [0.15, 0.2) is 18.3 Å². The zero-order valence-electron chi connectivity index (χ0n) is 15.9. The number of pyridine rings is 1. The fourth-order valence-corrected chi connectivity index (χ4v) is 4.04. The van der Waals surface area contributed by atoms with E-state index in [2.05, 4.69) is 22.2 Å². The number of aromatic nitrogens is 1. The number of ether oxygens (including phenoxy) is 1. The van der Waals surface area contributed by atoms with Crippen LogP contribution in [0.2, 0.25) is 0 Å². The van der Waals surface area contributed by atoms with Crippen molar-refractivity contribution in [3.63, 3.8) is 0 Å². The zero-order valence-corrected chi connectivity index (χ0v) is 15.9. The fraction of sp³-hybridized carbons (Fsp3) is 0.550. The predicted octanol–water partition coefficient (Wildman–Crippen LogP) is 1.16. The van der Waals surface area contributed by atoms with E-state index >= 15 is 0 Å². The van der Waals surface area contributed by atoms with E-state index in [0.717, 1.165) is 37.1 Å². The first-order valence-electron chi connectivity index (χ1n) is 9.48. The quantitative estimate of drug-likeness (QED) is 0.808. The molecule has 1 spiro atoms. The molecule has 7 heteroatoms. The molecule has 144 valence electrons. The highest BCUT2D eigenvalue weighted by atomic mass is 16.5. The minimum atomic E-state index is -0.327. The van der Waals surface area contributed by atoms with Crippen LogP contribution in [0.4, 0.5) is 5.82 Å². The average Bonchev–Trinajstić information content (AvgIpc) is 2.62. The van der Waals surface area contributed by atoms with Gasteiger partial charge in [0.05, 0.1) is 11.5 Å². The van der Waals surface area contributed by atoms with Crippen molar-refractivity contribution in [2.45, 2.75) is 25.4 Å². The van der Waals surface area contributed by atoms with Crippen LogP contribution >= 0.6 is 0 Å². The van der Waals surface area contributed by atoms with Gasteiger partial charge in [0.25, 0.3) is 0 Å². The summed E-state index contributed by atoms with van der Waals surface area (Å²) in [7, 11) is 3.76. The largest absolute Gasteiger partial charge is 0.378 e. The second-order valence-electron chi connectivity index (χ2n) is 7.93. The third-order valence-electron chi connectivity index (χ3n) is 6.09. The molecule has 2 amide bonds. The van der Waals surface area contributed by atoms with Gasteiger partial charge in [-0.1, -0.05) is 0 Å². The van der Waals surface area contributed by atoms with Gasteiger partial charge in [0.1, 0.15) is 5.82 Å².